The van der Waals surface area contributed by atoms with E-state index in [-0.39, 0.29) is 0 Å². The molecule has 0 saturated heterocycles. The lowest BCUT2D eigenvalue weighted by Gasteiger charge is -2.09. The van der Waals surface area contributed by atoms with Gasteiger partial charge < -0.3 is 0 Å². The molecule has 0 fully saturated rings. The van der Waals surface area contributed by atoms with Crippen molar-refractivity contribution < 1.29 is 0 Å². The number of unbranched alkanes of at least 4 members (excludes halogenated alkanes) is 4. The largest absolute Gasteiger partial charge is 0.0654 e. The van der Waals surface area contributed by atoms with Crippen LogP contribution < -0.4 is 0 Å². The summed E-state index contributed by atoms with van der Waals surface area (Å²) in [6.07, 6.45) is 7.95. The minimum absolute atomic E-state index is 1.21. The fourth-order valence-corrected chi connectivity index (χ4v) is 3.24. The minimum atomic E-state index is 1.21. The van der Waals surface area contributed by atoms with Crippen molar-refractivity contribution in [3.05, 3.63) is 60.2 Å². The Hall–Kier alpha value is -1.82. The van der Waals surface area contributed by atoms with Crippen LogP contribution in [-0.4, -0.2) is 0 Å². The second-order valence-corrected chi connectivity index (χ2v) is 5.96. The number of hydrogen-bond donors (Lipinski definition) is 0. The molecule has 3 aromatic carbocycles. The normalized spacial score (nSPS) is 11.3. The second-order valence-electron chi connectivity index (χ2n) is 5.96. The van der Waals surface area contributed by atoms with Gasteiger partial charge in [0.15, 0.2) is 0 Å². The third-order valence-electron chi connectivity index (χ3n) is 4.43. The molecule has 0 aliphatic heterocycles. The van der Waals surface area contributed by atoms with Crippen LogP contribution in [0.5, 0.6) is 0 Å². The third kappa shape index (κ3) is 3.10. The predicted octanol–water partition coefficient (Wildman–Crippen LogP) is 6.51. The maximum Gasteiger partial charge on any atom is -0.0103 e. The standard InChI is InChI=1S/C21H24/c1-2-3-4-5-6-10-17-12-9-14-21-19-13-8-7-11-18(19)15-16-20(17)21/h7-9,11-16H,2-6,10H2,1H3. The number of hydrogen-bond acceptors (Lipinski definition) is 0. The fraction of sp³-hybridized carbons (Fsp3) is 0.333. The highest BCUT2D eigenvalue weighted by Gasteiger charge is 2.04. The van der Waals surface area contributed by atoms with Crippen LogP contribution in [0.1, 0.15) is 44.6 Å². The molecule has 0 saturated carbocycles. The summed E-state index contributed by atoms with van der Waals surface area (Å²) in [6.45, 7) is 2.27. The maximum absolute atomic E-state index is 2.30. The Labute approximate surface area is 127 Å². The first-order valence-electron chi connectivity index (χ1n) is 8.29. The van der Waals surface area contributed by atoms with Gasteiger partial charge in [-0.25, -0.2) is 0 Å². The fourth-order valence-electron chi connectivity index (χ4n) is 3.24. The van der Waals surface area contributed by atoms with E-state index >= 15 is 0 Å². The molecular weight excluding hydrogens is 252 g/mol. The number of rotatable bonds is 6. The van der Waals surface area contributed by atoms with Crippen molar-refractivity contribution in [2.24, 2.45) is 0 Å². The molecule has 21 heavy (non-hydrogen) atoms. The van der Waals surface area contributed by atoms with Crippen LogP contribution in [0.2, 0.25) is 0 Å². The summed E-state index contributed by atoms with van der Waals surface area (Å²) in [6, 6.07) is 20.0. The summed E-state index contributed by atoms with van der Waals surface area (Å²) in [5, 5.41) is 5.55. The smallest absolute Gasteiger partial charge is 0.0103 e. The van der Waals surface area contributed by atoms with Crippen molar-refractivity contribution in [1.82, 2.24) is 0 Å². The molecule has 0 heterocycles. The van der Waals surface area contributed by atoms with E-state index in [1.165, 1.54) is 65.6 Å². The average Bonchev–Trinajstić information content (AvgIpc) is 2.54. The van der Waals surface area contributed by atoms with Crippen LogP contribution in [0.25, 0.3) is 21.5 Å². The molecule has 0 aliphatic carbocycles. The Morgan fingerprint density at radius 3 is 2.33 bits per heavy atom. The molecule has 3 aromatic rings. The number of aryl methyl sites for hydroxylation is 1. The Kier molecular flexibility index (Phi) is 4.55. The molecule has 0 nitrogen and oxygen atoms in total. The lowest BCUT2D eigenvalue weighted by molar-refractivity contribution is 0.633. The molecule has 0 amide bonds. The molecule has 0 spiro atoms. The van der Waals surface area contributed by atoms with E-state index in [1.54, 1.807) is 0 Å². The van der Waals surface area contributed by atoms with Gasteiger partial charge >= 0.3 is 0 Å². The van der Waals surface area contributed by atoms with Crippen LogP contribution in [0.3, 0.4) is 0 Å². The minimum Gasteiger partial charge on any atom is -0.0654 e. The zero-order chi connectivity index (χ0) is 14.5. The van der Waals surface area contributed by atoms with E-state index < -0.39 is 0 Å². The molecule has 0 N–H and O–H groups in total. The van der Waals surface area contributed by atoms with E-state index in [0.717, 1.165) is 0 Å². The van der Waals surface area contributed by atoms with Crippen molar-refractivity contribution in [1.29, 1.82) is 0 Å². The van der Waals surface area contributed by atoms with Gasteiger partial charge in [0.05, 0.1) is 0 Å². The molecule has 0 aliphatic rings. The number of benzene rings is 3. The zero-order valence-corrected chi connectivity index (χ0v) is 12.9. The van der Waals surface area contributed by atoms with E-state index in [9.17, 15) is 0 Å². The summed E-state index contributed by atoms with van der Waals surface area (Å²) >= 11 is 0. The Morgan fingerprint density at radius 2 is 1.43 bits per heavy atom. The van der Waals surface area contributed by atoms with Crippen LogP contribution in [0, 0.1) is 0 Å². The van der Waals surface area contributed by atoms with E-state index in [2.05, 4.69) is 61.5 Å². The second kappa shape index (κ2) is 6.76. The van der Waals surface area contributed by atoms with Crippen LogP contribution >= 0.6 is 0 Å². The van der Waals surface area contributed by atoms with Gasteiger partial charge in [0.1, 0.15) is 0 Å². The molecule has 0 unspecified atom stereocenters. The summed E-state index contributed by atoms with van der Waals surface area (Å²) in [7, 11) is 0. The van der Waals surface area contributed by atoms with Gasteiger partial charge in [-0.3, -0.25) is 0 Å². The Morgan fingerprint density at radius 1 is 0.619 bits per heavy atom. The Balaban J connectivity index is 1.88. The van der Waals surface area contributed by atoms with E-state index in [1.807, 2.05) is 0 Å². The van der Waals surface area contributed by atoms with Gasteiger partial charge in [0.25, 0.3) is 0 Å². The van der Waals surface area contributed by atoms with Crippen molar-refractivity contribution in [3.63, 3.8) is 0 Å². The molecule has 0 radical (unpaired) electrons. The quantitative estimate of drug-likeness (QED) is 0.356. The summed E-state index contributed by atoms with van der Waals surface area (Å²) in [5.74, 6) is 0. The monoisotopic (exact) mass is 276 g/mol. The van der Waals surface area contributed by atoms with Crippen molar-refractivity contribution >= 4 is 21.5 Å². The van der Waals surface area contributed by atoms with Crippen LogP contribution in [0.15, 0.2) is 54.6 Å². The lowest BCUT2D eigenvalue weighted by atomic mass is 9.95. The number of fused-ring (bicyclic) bond motifs is 3. The van der Waals surface area contributed by atoms with Crippen molar-refractivity contribution in [2.75, 3.05) is 0 Å². The van der Waals surface area contributed by atoms with Gasteiger partial charge in [-0.1, -0.05) is 87.2 Å². The molecule has 108 valence electrons. The van der Waals surface area contributed by atoms with Crippen LogP contribution in [-0.2, 0) is 6.42 Å². The highest BCUT2D eigenvalue weighted by Crippen LogP contribution is 2.28. The Bertz CT molecular complexity index is 724. The van der Waals surface area contributed by atoms with Crippen LogP contribution in [0.4, 0.5) is 0 Å². The maximum atomic E-state index is 2.30. The molecular formula is C21H24. The highest BCUT2D eigenvalue weighted by molar-refractivity contribution is 6.08. The first-order chi connectivity index (χ1) is 10.4. The molecule has 0 atom stereocenters. The van der Waals surface area contributed by atoms with Gasteiger partial charge in [-0.2, -0.15) is 0 Å². The summed E-state index contributed by atoms with van der Waals surface area (Å²) < 4.78 is 0. The summed E-state index contributed by atoms with van der Waals surface area (Å²) in [4.78, 5) is 0. The third-order valence-corrected chi connectivity index (χ3v) is 4.43. The molecule has 0 bridgehead atoms. The topological polar surface area (TPSA) is 0 Å². The molecule has 3 rings (SSSR count). The molecule has 0 aromatic heterocycles. The van der Waals surface area contributed by atoms with Gasteiger partial charge in [-0.05, 0) is 39.9 Å². The zero-order valence-electron chi connectivity index (χ0n) is 12.9. The first kappa shape index (κ1) is 14.1. The molecule has 0 heteroatoms. The van der Waals surface area contributed by atoms with Crippen molar-refractivity contribution in [2.45, 2.75) is 45.4 Å². The average molecular weight is 276 g/mol. The predicted molar refractivity (Wildman–Crippen MR) is 93.9 cm³/mol. The highest BCUT2D eigenvalue weighted by atomic mass is 14.1. The van der Waals surface area contributed by atoms with Crippen molar-refractivity contribution in [3.8, 4) is 0 Å². The van der Waals surface area contributed by atoms with Gasteiger partial charge in [-0.15, -0.1) is 0 Å². The van der Waals surface area contributed by atoms with E-state index in [4.69, 9.17) is 0 Å². The van der Waals surface area contributed by atoms with E-state index in [0.29, 0.717) is 0 Å². The van der Waals surface area contributed by atoms with Gasteiger partial charge in [0.2, 0.25) is 0 Å². The first-order valence-corrected chi connectivity index (χ1v) is 8.29. The SMILES string of the molecule is CCCCCCCc1cccc2c1ccc1ccccc12. The van der Waals surface area contributed by atoms with Gasteiger partial charge in [0, 0.05) is 0 Å². The summed E-state index contributed by atoms with van der Waals surface area (Å²) in [5.41, 5.74) is 1.51. The lowest BCUT2D eigenvalue weighted by Crippen LogP contribution is -1.89.